The Kier molecular flexibility index (Phi) is 7.71. The van der Waals surface area contributed by atoms with Crippen LogP contribution in [0, 0.1) is 0 Å². The van der Waals surface area contributed by atoms with Crippen molar-refractivity contribution in [2.75, 3.05) is 26.9 Å². The summed E-state index contributed by atoms with van der Waals surface area (Å²) in [4.78, 5) is 0. The number of halogens is 1. The molecule has 0 aromatic heterocycles. The summed E-state index contributed by atoms with van der Waals surface area (Å²) in [6, 6.07) is 13.6. The number of aliphatic hydroxyl groups excluding tert-OH is 2. The topological polar surface area (TPSA) is 77.4 Å². The molecule has 6 nitrogen and oxygen atoms in total. The zero-order valence-corrected chi connectivity index (χ0v) is 19.1. The van der Waals surface area contributed by atoms with Crippen LogP contribution in [0.2, 0.25) is 5.02 Å². The summed E-state index contributed by atoms with van der Waals surface area (Å²) in [5.74, 6) is -0.309. The first-order chi connectivity index (χ1) is 15.5. The van der Waals surface area contributed by atoms with Gasteiger partial charge in [-0.15, -0.1) is 0 Å². The van der Waals surface area contributed by atoms with Crippen molar-refractivity contribution in [1.82, 2.24) is 0 Å². The van der Waals surface area contributed by atoms with Crippen LogP contribution in [-0.4, -0.2) is 55.5 Å². The summed E-state index contributed by atoms with van der Waals surface area (Å²) in [5.41, 5.74) is 2.79. The Morgan fingerprint density at radius 1 is 1.12 bits per heavy atom. The summed E-state index contributed by atoms with van der Waals surface area (Å²) in [7, 11) is 1.55. The maximum absolute atomic E-state index is 10.3. The van der Waals surface area contributed by atoms with Gasteiger partial charge in [0.1, 0.15) is 12.4 Å². The van der Waals surface area contributed by atoms with E-state index in [1.165, 1.54) is 12.8 Å². The Bertz CT molecular complexity index is 885. The highest BCUT2D eigenvalue weighted by Crippen LogP contribution is 2.40. The highest BCUT2D eigenvalue weighted by atomic mass is 35.5. The molecule has 1 saturated heterocycles. The minimum atomic E-state index is -1.12. The quantitative estimate of drug-likeness (QED) is 0.523. The van der Waals surface area contributed by atoms with Crippen LogP contribution in [0.3, 0.4) is 0 Å². The molecular weight excluding hydrogens is 432 g/mol. The molecule has 1 saturated carbocycles. The van der Waals surface area contributed by atoms with Crippen molar-refractivity contribution in [2.45, 2.75) is 56.2 Å². The van der Waals surface area contributed by atoms with E-state index in [1.807, 2.05) is 42.5 Å². The molecule has 2 aliphatic rings. The van der Waals surface area contributed by atoms with Crippen molar-refractivity contribution in [1.29, 1.82) is 0 Å². The lowest BCUT2D eigenvalue weighted by atomic mass is 9.91. The van der Waals surface area contributed by atoms with E-state index < -0.39 is 18.0 Å². The number of methoxy groups -OCH3 is 1. The predicted octanol–water partition coefficient (Wildman–Crippen LogP) is 3.82. The van der Waals surface area contributed by atoms with Gasteiger partial charge in [0.2, 0.25) is 0 Å². The Morgan fingerprint density at radius 3 is 2.59 bits per heavy atom. The molecule has 0 radical (unpaired) electrons. The third-order valence-corrected chi connectivity index (χ3v) is 6.33. The van der Waals surface area contributed by atoms with Crippen LogP contribution in [-0.2, 0) is 26.4 Å². The van der Waals surface area contributed by atoms with Crippen LogP contribution in [0.25, 0.3) is 0 Å². The maximum atomic E-state index is 10.3. The summed E-state index contributed by atoms with van der Waals surface area (Å²) in [6.07, 6.45) is 2.96. The Labute approximate surface area is 194 Å². The van der Waals surface area contributed by atoms with E-state index in [0.717, 1.165) is 22.4 Å². The SMILES string of the molecule is COC1(c2ccc(Cl)c(Cc3ccc(OCCOC4CC4)cc3)c2)C[C@@H](O)C[C@@H](CO)O1. The minimum absolute atomic E-state index is 0.177. The minimum Gasteiger partial charge on any atom is -0.491 e. The maximum Gasteiger partial charge on any atom is 0.197 e. The lowest BCUT2D eigenvalue weighted by Gasteiger charge is -2.42. The van der Waals surface area contributed by atoms with E-state index in [-0.39, 0.29) is 13.0 Å². The summed E-state index contributed by atoms with van der Waals surface area (Å²) >= 11 is 6.50. The van der Waals surface area contributed by atoms with Crippen LogP contribution < -0.4 is 4.74 Å². The molecule has 0 bridgehead atoms. The molecule has 3 atom stereocenters. The van der Waals surface area contributed by atoms with Crippen LogP contribution in [0.15, 0.2) is 42.5 Å². The second-order valence-electron chi connectivity index (χ2n) is 8.52. The number of hydrogen-bond donors (Lipinski definition) is 2. The highest BCUT2D eigenvalue weighted by Gasteiger charge is 2.43. The fourth-order valence-electron chi connectivity index (χ4n) is 4.09. The van der Waals surface area contributed by atoms with Gasteiger partial charge in [0.15, 0.2) is 5.79 Å². The molecule has 0 amide bonds. The first-order valence-corrected chi connectivity index (χ1v) is 11.5. The molecular formula is C25H31ClO6. The van der Waals surface area contributed by atoms with Gasteiger partial charge in [-0.2, -0.15) is 0 Å². The zero-order chi connectivity index (χ0) is 22.6. The average Bonchev–Trinajstić information content (AvgIpc) is 3.63. The third kappa shape index (κ3) is 5.81. The standard InChI is InChI=1S/C25H31ClO6/c1-29-25(15-20(28)14-23(16-27)32-25)19-4-9-24(26)18(13-19)12-17-2-5-21(6-3-17)30-10-11-31-22-7-8-22/h2-6,9,13,20,22-23,27-28H,7-8,10-12,14-16H2,1H3/t20-,23-,25?/m0/s1. The van der Waals surface area contributed by atoms with E-state index in [1.54, 1.807) is 7.11 Å². The van der Waals surface area contributed by atoms with Gasteiger partial charge in [-0.3, -0.25) is 0 Å². The molecule has 1 aliphatic heterocycles. The van der Waals surface area contributed by atoms with Gasteiger partial charge in [-0.1, -0.05) is 29.8 Å². The smallest absolute Gasteiger partial charge is 0.197 e. The largest absolute Gasteiger partial charge is 0.491 e. The number of rotatable bonds is 10. The number of hydrogen-bond acceptors (Lipinski definition) is 6. The first kappa shape index (κ1) is 23.5. The van der Waals surface area contributed by atoms with Crippen molar-refractivity contribution in [2.24, 2.45) is 0 Å². The van der Waals surface area contributed by atoms with Gasteiger partial charge < -0.3 is 29.2 Å². The molecule has 174 valence electrons. The lowest BCUT2D eigenvalue weighted by Crippen LogP contribution is -2.46. The molecule has 1 aliphatic carbocycles. The molecule has 2 aromatic rings. The number of benzene rings is 2. The van der Waals surface area contributed by atoms with E-state index >= 15 is 0 Å². The van der Waals surface area contributed by atoms with Crippen molar-refractivity contribution < 1.29 is 29.2 Å². The molecule has 2 aromatic carbocycles. The van der Waals surface area contributed by atoms with Crippen LogP contribution in [0.4, 0.5) is 0 Å². The Balaban J connectivity index is 1.44. The fraction of sp³-hybridized carbons (Fsp3) is 0.520. The van der Waals surface area contributed by atoms with Gasteiger partial charge in [-0.05, 0) is 54.7 Å². The third-order valence-electron chi connectivity index (χ3n) is 5.96. The second-order valence-corrected chi connectivity index (χ2v) is 8.93. The summed E-state index contributed by atoms with van der Waals surface area (Å²) < 4.78 is 23.1. The molecule has 1 heterocycles. The molecule has 1 unspecified atom stereocenters. The van der Waals surface area contributed by atoms with Gasteiger partial charge in [0.05, 0.1) is 31.5 Å². The zero-order valence-electron chi connectivity index (χ0n) is 18.3. The molecule has 32 heavy (non-hydrogen) atoms. The first-order valence-electron chi connectivity index (χ1n) is 11.2. The fourth-order valence-corrected chi connectivity index (χ4v) is 4.27. The van der Waals surface area contributed by atoms with Crippen LogP contribution >= 0.6 is 11.6 Å². The van der Waals surface area contributed by atoms with Gasteiger partial charge in [-0.25, -0.2) is 0 Å². The van der Waals surface area contributed by atoms with E-state index in [2.05, 4.69) is 0 Å². The normalized spacial score (nSPS) is 25.6. The van der Waals surface area contributed by atoms with E-state index in [9.17, 15) is 10.2 Å². The lowest BCUT2D eigenvalue weighted by molar-refractivity contribution is -0.298. The summed E-state index contributed by atoms with van der Waals surface area (Å²) in [5, 5.41) is 20.5. The molecule has 2 fully saturated rings. The van der Waals surface area contributed by atoms with E-state index in [4.69, 9.17) is 30.5 Å². The molecule has 7 heteroatoms. The monoisotopic (exact) mass is 462 g/mol. The molecule has 0 spiro atoms. The van der Waals surface area contributed by atoms with Gasteiger partial charge in [0.25, 0.3) is 0 Å². The summed E-state index contributed by atoms with van der Waals surface area (Å²) in [6.45, 7) is 0.983. The second kappa shape index (κ2) is 10.5. The van der Waals surface area contributed by atoms with Gasteiger partial charge >= 0.3 is 0 Å². The van der Waals surface area contributed by atoms with Crippen LogP contribution in [0.5, 0.6) is 5.75 Å². The van der Waals surface area contributed by atoms with Crippen molar-refractivity contribution in [3.05, 3.63) is 64.2 Å². The van der Waals surface area contributed by atoms with Crippen molar-refractivity contribution in [3.63, 3.8) is 0 Å². The predicted molar refractivity (Wildman–Crippen MR) is 121 cm³/mol. The van der Waals surface area contributed by atoms with Crippen molar-refractivity contribution in [3.8, 4) is 5.75 Å². The van der Waals surface area contributed by atoms with E-state index in [0.29, 0.717) is 37.2 Å². The number of ether oxygens (including phenoxy) is 4. The molecule has 2 N–H and O–H groups in total. The highest BCUT2D eigenvalue weighted by molar-refractivity contribution is 6.31. The Morgan fingerprint density at radius 2 is 1.91 bits per heavy atom. The number of aliphatic hydroxyl groups is 2. The Hall–Kier alpha value is -1.67. The van der Waals surface area contributed by atoms with Crippen LogP contribution in [0.1, 0.15) is 42.4 Å². The van der Waals surface area contributed by atoms with Gasteiger partial charge in [0, 0.05) is 30.5 Å². The average molecular weight is 463 g/mol. The molecule has 4 rings (SSSR count). The van der Waals surface area contributed by atoms with Crippen molar-refractivity contribution >= 4 is 11.6 Å².